The summed E-state index contributed by atoms with van der Waals surface area (Å²) in [6.07, 6.45) is 3.36. The number of rotatable bonds is 10. The van der Waals surface area contributed by atoms with Crippen molar-refractivity contribution in [3.05, 3.63) is 59.3 Å². The number of aliphatic imine (C=N–C) groups is 1. The van der Waals surface area contributed by atoms with Crippen molar-refractivity contribution in [3.8, 4) is 0 Å². The SMILES string of the molecule is CCOCCCNC(=NCc1ccc(F)c(C)c1)NCCc1ccco1. The van der Waals surface area contributed by atoms with Gasteiger partial charge >= 0.3 is 0 Å². The van der Waals surface area contributed by atoms with Crippen molar-refractivity contribution in [1.29, 1.82) is 0 Å². The van der Waals surface area contributed by atoms with Gasteiger partial charge in [0.1, 0.15) is 11.6 Å². The summed E-state index contributed by atoms with van der Waals surface area (Å²) in [6.45, 7) is 7.18. The number of guanidine groups is 1. The Hall–Kier alpha value is -2.34. The van der Waals surface area contributed by atoms with Crippen LogP contribution in [0.2, 0.25) is 0 Å². The Labute approximate surface area is 154 Å². The topological polar surface area (TPSA) is 58.8 Å². The van der Waals surface area contributed by atoms with Gasteiger partial charge in [-0.25, -0.2) is 9.38 Å². The fraction of sp³-hybridized carbons (Fsp3) is 0.450. The first kappa shape index (κ1) is 20.0. The third kappa shape index (κ3) is 7.27. The van der Waals surface area contributed by atoms with Crippen molar-refractivity contribution in [2.45, 2.75) is 33.2 Å². The van der Waals surface area contributed by atoms with Gasteiger partial charge in [-0.1, -0.05) is 12.1 Å². The minimum Gasteiger partial charge on any atom is -0.469 e. The van der Waals surface area contributed by atoms with Crippen molar-refractivity contribution < 1.29 is 13.5 Å². The average molecular weight is 361 g/mol. The molecule has 0 spiro atoms. The minimum atomic E-state index is -0.191. The summed E-state index contributed by atoms with van der Waals surface area (Å²) in [4.78, 5) is 4.60. The van der Waals surface area contributed by atoms with Crippen molar-refractivity contribution in [2.24, 2.45) is 4.99 Å². The smallest absolute Gasteiger partial charge is 0.191 e. The fourth-order valence-corrected chi connectivity index (χ4v) is 2.43. The number of halogens is 1. The molecule has 0 aliphatic heterocycles. The second-order valence-corrected chi connectivity index (χ2v) is 5.98. The van der Waals surface area contributed by atoms with E-state index in [1.807, 2.05) is 25.1 Å². The highest BCUT2D eigenvalue weighted by atomic mass is 19.1. The van der Waals surface area contributed by atoms with E-state index in [2.05, 4.69) is 15.6 Å². The summed E-state index contributed by atoms with van der Waals surface area (Å²) in [6, 6.07) is 8.91. The Morgan fingerprint density at radius 1 is 1.23 bits per heavy atom. The predicted octanol–water partition coefficient (Wildman–Crippen LogP) is 3.43. The Morgan fingerprint density at radius 2 is 2.08 bits per heavy atom. The Morgan fingerprint density at radius 3 is 2.81 bits per heavy atom. The summed E-state index contributed by atoms with van der Waals surface area (Å²) in [5, 5.41) is 6.62. The largest absolute Gasteiger partial charge is 0.469 e. The van der Waals surface area contributed by atoms with E-state index < -0.39 is 0 Å². The summed E-state index contributed by atoms with van der Waals surface area (Å²) < 4.78 is 24.1. The molecule has 0 unspecified atom stereocenters. The fourth-order valence-electron chi connectivity index (χ4n) is 2.43. The van der Waals surface area contributed by atoms with Gasteiger partial charge in [-0.15, -0.1) is 0 Å². The lowest BCUT2D eigenvalue weighted by atomic mass is 10.1. The highest BCUT2D eigenvalue weighted by Gasteiger charge is 2.02. The van der Waals surface area contributed by atoms with E-state index in [4.69, 9.17) is 9.15 Å². The molecule has 2 rings (SSSR count). The predicted molar refractivity (Wildman–Crippen MR) is 102 cm³/mol. The molecule has 0 radical (unpaired) electrons. The zero-order chi connectivity index (χ0) is 18.6. The standard InChI is InChI=1S/C20H28FN3O2/c1-3-25-12-5-10-22-20(23-11-9-18-6-4-13-26-18)24-15-17-7-8-19(21)16(2)14-17/h4,6-8,13-14H,3,5,9-12,15H2,1-2H3,(H2,22,23,24). The second kappa shape index (κ2) is 11.3. The van der Waals surface area contributed by atoms with Gasteiger partial charge in [-0.2, -0.15) is 0 Å². The lowest BCUT2D eigenvalue weighted by molar-refractivity contribution is 0.145. The molecule has 1 aromatic carbocycles. The number of ether oxygens (including phenoxy) is 1. The van der Waals surface area contributed by atoms with Gasteiger partial charge in [0.25, 0.3) is 0 Å². The van der Waals surface area contributed by atoms with Gasteiger partial charge in [0, 0.05) is 32.7 Å². The molecule has 1 aromatic heterocycles. The molecule has 0 amide bonds. The molecule has 0 atom stereocenters. The van der Waals surface area contributed by atoms with E-state index in [-0.39, 0.29) is 5.82 Å². The molecule has 2 aromatic rings. The first-order chi connectivity index (χ1) is 12.7. The first-order valence-electron chi connectivity index (χ1n) is 9.06. The monoisotopic (exact) mass is 361 g/mol. The van der Waals surface area contributed by atoms with Crippen LogP contribution in [-0.2, 0) is 17.7 Å². The van der Waals surface area contributed by atoms with Crippen molar-refractivity contribution in [1.82, 2.24) is 10.6 Å². The van der Waals surface area contributed by atoms with Crippen molar-refractivity contribution in [3.63, 3.8) is 0 Å². The summed E-state index contributed by atoms with van der Waals surface area (Å²) in [5.74, 6) is 1.47. The Bertz CT molecular complexity index is 672. The van der Waals surface area contributed by atoms with Crippen LogP contribution in [0, 0.1) is 12.7 Å². The van der Waals surface area contributed by atoms with Crippen LogP contribution in [0.5, 0.6) is 0 Å². The highest BCUT2D eigenvalue weighted by Crippen LogP contribution is 2.10. The third-order valence-corrected chi connectivity index (χ3v) is 3.85. The first-order valence-corrected chi connectivity index (χ1v) is 9.06. The van der Waals surface area contributed by atoms with E-state index in [0.717, 1.165) is 49.9 Å². The number of benzene rings is 1. The molecule has 26 heavy (non-hydrogen) atoms. The van der Waals surface area contributed by atoms with Gasteiger partial charge in [0.05, 0.1) is 12.8 Å². The number of aryl methyl sites for hydroxylation is 1. The molecule has 1 heterocycles. The van der Waals surface area contributed by atoms with Crippen LogP contribution in [0.3, 0.4) is 0 Å². The van der Waals surface area contributed by atoms with Crippen LogP contribution in [0.25, 0.3) is 0 Å². The highest BCUT2D eigenvalue weighted by molar-refractivity contribution is 5.79. The van der Waals surface area contributed by atoms with Gasteiger partial charge in [0.15, 0.2) is 5.96 Å². The quantitative estimate of drug-likeness (QED) is 0.387. The van der Waals surface area contributed by atoms with Crippen LogP contribution in [0.4, 0.5) is 4.39 Å². The number of furan rings is 1. The van der Waals surface area contributed by atoms with E-state index in [0.29, 0.717) is 18.7 Å². The van der Waals surface area contributed by atoms with Crippen LogP contribution >= 0.6 is 0 Å². The maximum absolute atomic E-state index is 13.4. The maximum Gasteiger partial charge on any atom is 0.191 e. The molecule has 0 aliphatic carbocycles. The van der Waals surface area contributed by atoms with Gasteiger partial charge in [-0.05, 0) is 49.6 Å². The zero-order valence-corrected chi connectivity index (χ0v) is 15.6. The van der Waals surface area contributed by atoms with E-state index in [1.165, 1.54) is 6.07 Å². The molecule has 6 heteroatoms. The summed E-state index contributed by atoms with van der Waals surface area (Å²) in [7, 11) is 0. The molecule has 0 aliphatic rings. The molecule has 2 N–H and O–H groups in total. The van der Waals surface area contributed by atoms with Gasteiger partial charge < -0.3 is 19.8 Å². The normalized spacial score (nSPS) is 11.6. The third-order valence-electron chi connectivity index (χ3n) is 3.85. The average Bonchev–Trinajstić information content (AvgIpc) is 3.15. The van der Waals surface area contributed by atoms with E-state index in [9.17, 15) is 4.39 Å². The van der Waals surface area contributed by atoms with Gasteiger partial charge in [-0.3, -0.25) is 0 Å². The molecular formula is C20H28FN3O2. The molecular weight excluding hydrogens is 333 g/mol. The van der Waals surface area contributed by atoms with Crippen LogP contribution in [0.1, 0.15) is 30.2 Å². The molecule has 0 fully saturated rings. The molecule has 0 saturated carbocycles. The van der Waals surface area contributed by atoms with Gasteiger partial charge in [0.2, 0.25) is 0 Å². The molecule has 0 bridgehead atoms. The van der Waals surface area contributed by atoms with Crippen LogP contribution < -0.4 is 10.6 Å². The Balaban J connectivity index is 1.87. The van der Waals surface area contributed by atoms with E-state index >= 15 is 0 Å². The molecule has 0 saturated heterocycles. The molecule has 142 valence electrons. The molecule has 5 nitrogen and oxygen atoms in total. The summed E-state index contributed by atoms with van der Waals surface area (Å²) in [5.41, 5.74) is 1.61. The lowest BCUT2D eigenvalue weighted by Crippen LogP contribution is -2.39. The van der Waals surface area contributed by atoms with Crippen molar-refractivity contribution >= 4 is 5.96 Å². The lowest BCUT2D eigenvalue weighted by Gasteiger charge is -2.12. The number of nitrogens with zero attached hydrogens (tertiary/aromatic N) is 1. The van der Waals surface area contributed by atoms with Crippen LogP contribution in [0.15, 0.2) is 46.0 Å². The number of nitrogens with one attached hydrogen (secondary N) is 2. The van der Waals surface area contributed by atoms with Crippen LogP contribution in [-0.4, -0.2) is 32.3 Å². The maximum atomic E-state index is 13.4. The Kier molecular flexibility index (Phi) is 8.69. The van der Waals surface area contributed by atoms with E-state index in [1.54, 1.807) is 19.3 Å². The number of hydrogen-bond acceptors (Lipinski definition) is 3. The number of hydrogen-bond donors (Lipinski definition) is 2. The second-order valence-electron chi connectivity index (χ2n) is 5.98. The summed E-state index contributed by atoms with van der Waals surface area (Å²) >= 11 is 0. The van der Waals surface area contributed by atoms with Crippen molar-refractivity contribution in [2.75, 3.05) is 26.3 Å². The minimum absolute atomic E-state index is 0.191. The zero-order valence-electron chi connectivity index (χ0n) is 15.6.